The molecule has 5 heteroatoms. The topological polar surface area (TPSA) is 66.9 Å². The molecule has 2 rings (SSSR count). The molecule has 1 aliphatic rings. The van der Waals surface area contributed by atoms with E-state index in [1.54, 1.807) is 12.4 Å². The van der Waals surface area contributed by atoms with E-state index in [1.165, 1.54) is 0 Å². The van der Waals surface area contributed by atoms with Gasteiger partial charge in [0.2, 0.25) is 5.91 Å². The number of carbonyl (C=O) groups excluding carboxylic acids is 1. The molecule has 80 valence electrons. The maximum Gasteiger partial charge on any atom is 0.246 e. The highest BCUT2D eigenvalue weighted by Gasteiger charge is 2.39. The SMILES string of the molecule is Cc1nccnc1C1(C)NCCNC1=O. The van der Waals surface area contributed by atoms with Crippen molar-refractivity contribution in [1.82, 2.24) is 20.6 Å². The Morgan fingerprint density at radius 3 is 2.73 bits per heavy atom. The first-order valence-corrected chi connectivity index (χ1v) is 4.96. The fraction of sp³-hybridized carbons (Fsp3) is 0.500. The first-order chi connectivity index (χ1) is 7.14. The largest absolute Gasteiger partial charge is 0.353 e. The normalized spacial score (nSPS) is 26.1. The molecule has 0 bridgehead atoms. The standard InChI is InChI=1S/C10H14N4O/c1-7-8(12-4-3-11-7)10(2)9(15)13-5-6-14-10/h3-4,14H,5-6H2,1-2H3,(H,13,15). The van der Waals surface area contributed by atoms with E-state index in [0.717, 1.165) is 12.2 Å². The summed E-state index contributed by atoms with van der Waals surface area (Å²) in [4.78, 5) is 20.2. The summed E-state index contributed by atoms with van der Waals surface area (Å²) in [6, 6.07) is 0. The number of nitrogens with zero attached hydrogens (tertiary/aromatic N) is 2. The molecule has 5 nitrogen and oxygen atoms in total. The van der Waals surface area contributed by atoms with Gasteiger partial charge in [0.05, 0.1) is 11.4 Å². The lowest BCUT2D eigenvalue weighted by molar-refractivity contribution is -0.129. The lowest BCUT2D eigenvalue weighted by Crippen LogP contribution is -2.59. The minimum atomic E-state index is -0.753. The fourth-order valence-electron chi connectivity index (χ4n) is 1.84. The molecule has 0 aliphatic carbocycles. The van der Waals surface area contributed by atoms with Gasteiger partial charge in [0, 0.05) is 25.5 Å². The molecule has 0 radical (unpaired) electrons. The van der Waals surface area contributed by atoms with E-state index in [1.807, 2.05) is 13.8 Å². The van der Waals surface area contributed by atoms with Crippen LogP contribution in [-0.4, -0.2) is 29.0 Å². The van der Waals surface area contributed by atoms with Gasteiger partial charge in [-0.3, -0.25) is 20.1 Å². The average Bonchev–Trinajstić information content (AvgIpc) is 2.23. The Morgan fingerprint density at radius 2 is 2.07 bits per heavy atom. The summed E-state index contributed by atoms with van der Waals surface area (Å²) < 4.78 is 0. The van der Waals surface area contributed by atoms with Crippen molar-refractivity contribution in [2.24, 2.45) is 0 Å². The Labute approximate surface area is 88.3 Å². The Kier molecular flexibility index (Phi) is 2.40. The van der Waals surface area contributed by atoms with Gasteiger partial charge in [0.1, 0.15) is 5.54 Å². The van der Waals surface area contributed by atoms with Gasteiger partial charge in [-0.25, -0.2) is 0 Å². The number of aromatic nitrogens is 2. The number of rotatable bonds is 1. The van der Waals surface area contributed by atoms with Crippen molar-refractivity contribution in [2.45, 2.75) is 19.4 Å². The van der Waals surface area contributed by atoms with Crippen molar-refractivity contribution in [3.05, 3.63) is 23.8 Å². The second kappa shape index (κ2) is 3.58. The molecule has 1 unspecified atom stereocenters. The van der Waals surface area contributed by atoms with Crippen LogP contribution in [0.4, 0.5) is 0 Å². The average molecular weight is 206 g/mol. The number of amides is 1. The maximum atomic E-state index is 11.8. The van der Waals surface area contributed by atoms with Gasteiger partial charge in [-0.15, -0.1) is 0 Å². The molecule has 1 aromatic heterocycles. The van der Waals surface area contributed by atoms with E-state index in [9.17, 15) is 4.79 Å². The van der Waals surface area contributed by atoms with Crippen molar-refractivity contribution in [1.29, 1.82) is 0 Å². The van der Waals surface area contributed by atoms with Crippen molar-refractivity contribution < 1.29 is 4.79 Å². The highest BCUT2D eigenvalue weighted by atomic mass is 16.2. The van der Waals surface area contributed by atoms with Gasteiger partial charge in [-0.05, 0) is 13.8 Å². The first kappa shape index (κ1) is 10.0. The molecule has 2 heterocycles. The van der Waals surface area contributed by atoms with E-state index in [4.69, 9.17) is 0 Å². The predicted molar refractivity (Wildman–Crippen MR) is 55.1 cm³/mol. The zero-order valence-electron chi connectivity index (χ0n) is 8.87. The van der Waals surface area contributed by atoms with Gasteiger partial charge in [-0.1, -0.05) is 0 Å². The van der Waals surface area contributed by atoms with Crippen LogP contribution in [0, 0.1) is 6.92 Å². The number of nitrogens with one attached hydrogen (secondary N) is 2. The van der Waals surface area contributed by atoms with E-state index < -0.39 is 5.54 Å². The monoisotopic (exact) mass is 206 g/mol. The van der Waals surface area contributed by atoms with E-state index in [-0.39, 0.29) is 5.91 Å². The van der Waals surface area contributed by atoms with Crippen molar-refractivity contribution in [2.75, 3.05) is 13.1 Å². The number of piperazine rings is 1. The quantitative estimate of drug-likeness (QED) is 0.663. The molecule has 1 aromatic rings. The molecule has 0 spiro atoms. The van der Waals surface area contributed by atoms with Crippen LogP contribution < -0.4 is 10.6 Å². The number of hydrogen-bond acceptors (Lipinski definition) is 4. The van der Waals surface area contributed by atoms with Crippen LogP contribution in [0.3, 0.4) is 0 Å². The molecule has 0 aromatic carbocycles. The van der Waals surface area contributed by atoms with Gasteiger partial charge < -0.3 is 5.32 Å². The van der Waals surface area contributed by atoms with Gasteiger partial charge in [0.15, 0.2) is 0 Å². The molecule has 1 aliphatic heterocycles. The number of carbonyl (C=O) groups is 1. The van der Waals surface area contributed by atoms with Crippen LogP contribution in [-0.2, 0) is 10.3 Å². The smallest absolute Gasteiger partial charge is 0.246 e. The highest BCUT2D eigenvalue weighted by molar-refractivity contribution is 5.87. The third-order valence-corrected chi connectivity index (χ3v) is 2.70. The van der Waals surface area contributed by atoms with Gasteiger partial charge in [-0.2, -0.15) is 0 Å². The summed E-state index contributed by atoms with van der Waals surface area (Å²) in [6.07, 6.45) is 3.24. The van der Waals surface area contributed by atoms with Crippen LogP contribution >= 0.6 is 0 Å². The highest BCUT2D eigenvalue weighted by Crippen LogP contribution is 2.22. The molecular formula is C10H14N4O. The number of hydrogen-bond donors (Lipinski definition) is 2. The Balaban J connectivity index is 2.44. The summed E-state index contributed by atoms with van der Waals surface area (Å²) in [7, 11) is 0. The Hall–Kier alpha value is -1.49. The fourth-order valence-corrected chi connectivity index (χ4v) is 1.84. The third-order valence-electron chi connectivity index (χ3n) is 2.70. The summed E-state index contributed by atoms with van der Waals surface area (Å²) in [5.74, 6) is -0.0441. The number of aryl methyl sites for hydroxylation is 1. The maximum absolute atomic E-state index is 11.8. The molecule has 1 saturated heterocycles. The van der Waals surface area contributed by atoms with Crippen LogP contribution in [0.5, 0.6) is 0 Å². The van der Waals surface area contributed by atoms with Crippen LogP contribution in [0.2, 0.25) is 0 Å². The second-order valence-electron chi connectivity index (χ2n) is 3.80. The molecule has 1 fully saturated rings. The summed E-state index contributed by atoms with van der Waals surface area (Å²) >= 11 is 0. The predicted octanol–water partition coefficient (Wildman–Crippen LogP) is -0.280. The van der Waals surface area contributed by atoms with Gasteiger partial charge >= 0.3 is 0 Å². The van der Waals surface area contributed by atoms with E-state index >= 15 is 0 Å². The van der Waals surface area contributed by atoms with Crippen molar-refractivity contribution in [3.8, 4) is 0 Å². The molecular weight excluding hydrogens is 192 g/mol. The van der Waals surface area contributed by atoms with Crippen LogP contribution in [0.1, 0.15) is 18.3 Å². The first-order valence-electron chi connectivity index (χ1n) is 4.96. The molecule has 15 heavy (non-hydrogen) atoms. The third kappa shape index (κ3) is 1.59. The molecule has 2 N–H and O–H groups in total. The minimum absolute atomic E-state index is 0.0441. The van der Waals surface area contributed by atoms with Crippen molar-refractivity contribution in [3.63, 3.8) is 0 Å². The summed E-state index contributed by atoms with van der Waals surface area (Å²) in [5.41, 5.74) is 0.725. The molecule has 1 atom stereocenters. The zero-order valence-corrected chi connectivity index (χ0v) is 8.87. The van der Waals surface area contributed by atoms with Crippen LogP contribution in [0.15, 0.2) is 12.4 Å². The van der Waals surface area contributed by atoms with E-state index in [2.05, 4.69) is 20.6 Å². The van der Waals surface area contributed by atoms with E-state index in [0.29, 0.717) is 12.2 Å². The van der Waals surface area contributed by atoms with Crippen molar-refractivity contribution >= 4 is 5.91 Å². The van der Waals surface area contributed by atoms with Crippen LogP contribution in [0.25, 0.3) is 0 Å². The molecule has 0 saturated carbocycles. The zero-order chi connectivity index (χ0) is 10.9. The summed E-state index contributed by atoms with van der Waals surface area (Å²) in [6.45, 7) is 5.10. The minimum Gasteiger partial charge on any atom is -0.353 e. The Morgan fingerprint density at radius 1 is 1.33 bits per heavy atom. The summed E-state index contributed by atoms with van der Waals surface area (Å²) in [5, 5.41) is 6.02. The Bertz CT molecular complexity index is 393. The van der Waals surface area contributed by atoms with Gasteiger partial charge in [0.25, 0.3) is 0 Å². The second-order valence-corrected chi connectivity index (χ2v) is 3.80. The lowest BCUT2D eigenvalue weighted by Gasteiger charge is -2.33. The lowest BCUT2D eigenvalue weighted by atomic mass is 9.93. The molecule has 1 amide bonds.